The van der Waals surface area contributed by atoms with E-state index in [1.807, 2.05) is 13.0 Å². The molecule has 0 saturated heterocycles. The van der Waals surface area contributed by atoms with Gasteiger partial charge in [-0.25, -0.2) is 0 Å². The number of aryl methyl sites for hydroxylation is 1. The topological polar surface area (TPSA) is 49.8 Å². The van der Waals surface area contributed by atoms with E-state index in [2.05, 4.69) is 25.1 Å². The lowest BCUT2D eigenvalue weighted by molar-refractivity contribution is -0.179. The molecule has 1 aromatic carbocycles. The molecular weight excluding hydrogens is 362 g/mol. The predicted molar refractivity (Wildman–Crippen MR) is 111 cm³/mol. The van der Waals surface area contributed by atoms with Crippen LogP contribution in [0.25, 0.3) is 0 Å². The van der Waals surface area contributed by atoms with Crippen molar-refractivity contribution in [3.8, 4) is 5.75 Å². The maximum Gasteiger partial charge on any atom is 0.306 e. The van der Waals surface area contributed by atoms with Crippen LogP contribution in [-0.2, 0) is 21.4 Å². The summed E-state index contributed by atoms with van der Waals surface area (Å²) in [4.78, 5) is 14.7. The first-order valence-electron chi connectivity index (χ1n) is 10.1. The molecule has 2 aliphatic rings. The summed E-state index contributed by atoms with van der Waals surface area (Å²) in [5.74, 6) is 0.251. The number of nitrogens with zero attached hydrogens (tertiary/aromatic N) is 1. The third-order valence-corrected chi connectivity index (χ3v) is 6.46. The van der Waals surface area contributed by atoms with Crippen LogP contribution in [0.4, 0.5) is 0 Å². The van der Waals surface area contributed by atoms with Crippen LogP contribution >= 0.6 is 12.4 Å². The number of aromatic hydroxyl groups is 1. The summed E-state index contributed by atoms with van der Waals surface area (Å²) in [5, 5.41) is 10.2. The Kier molecular flexibility index (Phi) is 7.20. The molecule has 5 heteroatoms. The first-order chi connectivity index (χ1) is 12.4. The molecule has 1 saturated carbocycles. The molecule has 2 aliphatic carbocycles. The lowest BCUT2D eigenvalue weighted by Gasteiger charge is -2.56. The van der Waals surface area contributed by atoms with Crippen molar-refractivity contribution >= 4 is 18.4 Å². The van der Waals surface area contributed by atoms with Gasteiger partial charge in [0.15, 0.2) is 0 Å². The molecule has 1 aromatic rings. The van der Waals surface area contributed by atoms with E-state index in [1.165, 1.54) is 11.1 Å². The van der Waals surface area contributed by atoms with Crippen molar-refractivity contribution in [2.45, 2.75) is 75.7 Å². The van der Waals surface area contributed by atoms with Gasteiger partial charge in [0.1, 0.15) is 11.4 Å². The van der Waals surface area contributed by atoms with Gasteiger partial charge < -0.3 is 14.7 Å². The highest BCUT2D eigenvalue weighted by atomic mass is 35.5. The molecule has 3 rings (SSSR count). The number of halogens is 1. The maximum atomic E-state index is 12.5. The van der Waals surface area contributed by atoms with E-state index in [9.17, 15) is 9.90 Å². The highest BCUT2D eigenvalue weighted by Gasteiger charge is 2.58. The first-order valence-corrected chi connectivity index (χ1v) is 10.1. The van der Waals surface area contributed by atoms with Crippen molar-refractivity contribution in [1.29, 1.82) is 0 Å². The van der Waals surface area contributed by atoms with Gasteiger partial charge in [0.25, 0.3) is 0 Å². The van der Waals surface area contributed by atoms with Crippen LogP contribution in [0.2, 0.25) is 0 Å². The molecule has 27 heavy (non-hydrogen) atoms. The Morgan fingerprint density at radius 1 is 1.22 bits per heavy atom. The minimum atomic E-state index is -0.422. The quantitative estimate of drug-likeness (QED) is 0.715. The molecule has 1 N–H and O–H groups in total. The van der Waals surface area contributed by atoms with Gasteiger partial charge in [0, 0.05) is 11.8 Å². The fraction of sp³-hybridized carbons (Fsp3) is 0.682. The molecule has 152 valence electrons. The largest absolute Gasteiger partial charge is 0.508 e. The molecule has 0 heterocycles. The zero-order chi connectivity index (χ0) is 18.8. The molecule has 1 unspecified atom stereocenters. The Labute approximate surface area is 169 Å². The van der Waals surface area contributed by atoms with Gasteiger partial charge >= 0.3 is 5.97 Å². The number of carbonyl (C=O) groups is 1. The van der Waals surface area contributed by atoms with E-state index in [1.54, 1.807) is 6.07 Å². The minimum absolute atomic E-state index is 0. The van der Waals surface area contributed by atoms with Crippen molar-refractivity contribution in [1.82, 2.24) is 4.90 Å². The van der Waals surface area contributed by atoms with E-state index in [0.29, 0.717) is 12.2 Å². The summed E-state index contributed by atoms with van der Waals surface area (Å²) in [6, 6.07) is 5.80. The number of hydrogen-bond acceptors (Lipinski definition) is 4. The Morgan fingerprint density at radius 3 is 2.67 bits per heavy atom. The van der Waals surface area contributed by atoms with Gasteiger partial charge in [0.05, 0.1) is 0 Å². The smallest absolute Gasteiger partial charge is 0.306 e. The molecule has 0 amide bonds. The molecule has 1 fully saturated rings. The standard InChI is InChI=1S/C22H33NO3.ClH/c1-4-7-20(25)26-22-12-6-5-11-21(22,14-15-23(2)3)19-16-18(24)9-8-17(19)10-13-22;/h8-9,16,24H,4-7,10-15H2,1-3H3;1H/t21-,22?;/m0./s1. The van der Waals surface area contributed by atoms with Crippen LogP contribution in [-0.4, -0.2) is 42.2 Å². The van der Waals surface area contributed by atoms with Crippen LogP contribution in [0.15, 0.2) is 18.2 Å². The van der Waals surface area contributed by atoms with Gasteiger partial charge in [-0.2, -0.15) is 0 Å². The van der Waals surface area contributed by atoms with Crippen molar-refractivity contribution in [2.75, 3.05) is 20.6 Å². The van der Waals surface area contributed by atoms with Crippen LogP contribution in [0.3, 0.4) is 0 Å². The number of fused-ring (bicyclic) bond motifs is 3. The van der Waals surface area contributed by atoms with Gasteiger partial charge in [-0.1, -0.05) is 19.4 Å². The number of ether oxygens (including phenoxy) is 1. The molecule has 2 atom stereocenters. The summed E-state index contributed by atoms with van der Waals surface area (Å²) in [7, 11) is 4.19. The second kappa shape index (κ2) is 8.83. The number of esters is 1. The Morgan fingerprint density at radius 2 is 1.96 bits per heavy atom. The average Bonchev–Trinajstić information content (AvgIpc) is 2.60. The lowest BCUT2D eigenvalue weighted by atomic mass is 9.53. The molecule has 0 bridgehead atoms. The molecule has 0 aromatic heterocycles. The predicted octanol–water partition coefficient (Wildman–Crippen LogP) is 4.61. The second-order valence-corrected chi connectivity index (χ2v) is 8.40. The highest BCUT2D eigenvalue weighted by Crippen LogP contribution is 2.57. The molecule has 0 aliphatic heterocycles. The highest BCUT2D eigenvalue weighted by molar-refractivity contribution is 5.85. The molecular formula is C22H34ClNO3. The Balaban J connectivity index is 0.00000261. The molecule has 0 spiro atoms. The summed E-state index contributed by atoms with van der Waals surface area (Å²) in [6.45, 7) is 2.97. The van der Waals surface area contributed by atoms with Gasteiger partial charge in [-0.15, -0.1) is 12.4 Å². The second-order valence-electron chi connectivity index (χ2n) is 8.40. The van der Waals surface area contributed by atoms with Crippen molar-refractivity contribution in [3.63, 3.8) is 0 Å². The van der Waals surface area contributed by atoms with Gasteiger partial charge in [-0.3, -0.25) is 4.79 Å². The zero-order valence-electron chi connectivity index (χ0n) is 16.9. The number of hydrogen-bond donors (Lipinski definition) is 1. The number of carbonyl (C=O) groups excluding carboxylic acids is 1. The Bertz CT molecular complexity index is 663. The number of benzene rings is 1. The SMILES string of the molecule is CCCC(=O)OC12CCCC[C@]1(CCN(C)C)c1cc(O)ccc1CC2.Cl. The van der Waals surface area contributed by atoms with Crippen LogP contribution in [0.1, 0.15) is 69.4 Å². The third kappa shape index (κ3) is 4.12. The van der Waals surface area contributed by atoms with E-state index < -0.39 is 5.60 Å². The maximum absolute atomic E-state index is 12.5. The molecule has 4 nitrogen and oxygen atoms in total. The Hall–Kier alpha value is -1.26. The van der Waals surface area contributed by atoms with Crippen molar-refractivity contribution in [3.05, 3.63) is 29.3 Å². The number of phenolic OH excluding ortho intramolecular Hbond substituents is 1. The summed E-state index contributed by atoms with van der Waals surface area (Å²) in [5.41, 5.74) is 1.92. The minimum Gasteiger partial charge on any atom is -0.508 e. The summed E-state index contributed by atoms with van der Waals surface area (Å²) in [6.07, 6.45) is 8.28. The number of rotatable bonds is 6. The van der Waals surface area contributed by atoms with E-state index >= 15 is 0 Å². The van der Waals surface area contributed by atoms with Gasteiger partial charge in [-0.05, 0) is 88.8 Å². The molecule has 0 radical (unpaired) electrons. The van der Waals surface area contributed by atoms with Crippen molar-refractivity contribution in [2.24, 2.45) is 0 Å². The lowest BCUT2D eigenvalue weighted by Crippen LogP contribution is -2.59. The average molecular weight is 396 g/mol. The van der Waals surface area contributed by atoms with Crippen LogP contribution < -0.4 is 0 Å². The monoisotopic (exact) mass is 395 g/mol. The fourth-order valence-electron chi connectivity index (χ4n) is 5.19. The fourth-order valence-corrected chi connectivity index (χ4v) is 5.19. The van der Waals surface area contributed by atoms with E-state index in [-0.39, 0.29) is 23.8 Å². The van der Waals surface area contributed by atoms with E-state index in [4.69, 9.17) is 4.74 Å². The van der Waals surface area contributed by atoms with Crippen LogP contribution in [0, 0.1) is 0 Å². The summed E-state index contributed by atoms with van der Waals surface area (Å²) < 4.78 is 6.32. The van der Waals surface area contributed by atoms with Crippen LogP contribution in [0.5, 0.6) is 5.75 Å². The normalized spacial score (nSPS) is 26.7. The summed E-state index contributed by atoms with van der Waals surface area (Å²) >= 11 is 0. The third-order valence-electron chi connectivity index (χ3n) is 6.46. The van der Waals surface area contributed by atoms with Crippen molar-refractivity contribution < 1.29 is 14.6 Å². The van der Waals surface area contributed by atoms with E-state index in [0.717, 1.165) is 57.9 Å². The first kappa shape index (κ1) is 22.0. The zero-order valence-corrected chi connectivity index (χ0v) is 17.7. The van der Waals surface area contributed by atoms with Gasteiger partial charge in [0.2, 0.25) is 0 Å². The number of phenols is 1.